The van der Waals surface area contributed by atoms with Gasteiger partial charge in [0.05, 0.1) is 7.11 Å². The van der Waals surface area contributed by atoms with Crippen LogP contribution in [0.3, 0.4) is 0 Å². The molecule has 0 radical (unpaired) electrons. The number of amides is 2. The van der Waals surface area contributed by atoms with Crippen LogP contribution < -0.4 is 10.8 Å². The number of hydroxylamine groups is 1. The van der Waals surface area contributed by atoms with Crippen molar-refractivity contribution < 1.29 is 9.63 Å². The molecule has 0 saturated heterocycles. The summed E-state index contributed by atoms with van der Waals surface area (Å²) in [5, 5.41) is 2.78. The first-order valence-electron chi connectivity index (χ1n) is 5.30. The monoisotopic (exact) mass is 202 g/mol. The van der Waals surface area contributed by atoms with Crippen LogP contribution in [0.4, 0.5) is 4.79 Å². The zero-order chi connectivity index (χ0) is 10.8. The minimum Gasteiger partial charge on any atom is -0.334 e. The molecule has 0 aromatic carbocycles. The van der Waals surface area contributed by atoms with Gasteiger partial charge in [-0.3, -0.25) is 4.84 Å². The number of nitrogens with one attached hydrogen (secondary N) is 2. The van der Waals surface area contributed by atoms with E-state index in [0.29, 0.717) is 0 Å². The molecule has 0 aliphatic heterocycles. The molecule has 0 rings (SSSR count). The molecule has 1 atom stereocenters. The van der Waals surface area contributed by atoms with Gasteiger partial charge in [0.2, 0.25) is 0 Å². The van der Waals surface area contributed by atoms with Crippen molar-refractivity contribution in [2.24, 2.45) is 0 Å². The molecule has 0 saturated carbocycles. The Morgan fingerprint density at radius 3 is 2.64 bits per heavy atom. The number of carbonyl (C=O) groups excluding carboxylic acids is 1. The van der Waals surface area contributed by atoms with Gasteiger partial charge in [-0.25, -0.2) is 10.3 Å². The Morgan fingerprint density at radius 1 is 1.36 bits per heavy atom. The van der Waals surface area contributed by atoms with Gasteiger partial charge in [-0.2, -0.15) is 0 Å². The Hall–Kier alpha value is -0.770. The van der Waals surface area contributed by atoms with E-state index in [0.717, 1.165) is 6.42 Å². The van der Waals surface area contributed by atoms with Crippen LogP contribution in [0.2, 0.25) is 0 Å². The van der Waals surface area contributed by atoms with E-state index in [4.69, 9.17) is 0 Å². The van der Waals surface area contributed by atoms with Crippen LogP contribution in [0.15, 0.2) is 0 Å². The maximum absolute atomic E-state index is 11.0. The summed E-state index contributed by atoms with van der Waals surface area (Å²) in [5.41, 5.74) is 2.23. The number of unbranched alkanes of at least 4 members (excludes halogenated alkanes) is 3. The summed E-state index contributed by atoms with van der Waals surface area (Å²) in [6.45, 7) is 4.19. The van der Waals surface area contributed by atoms with Gasteiger partial charge in [-0.05, 0) is 13.3 Å². The highest BCUT2D eigenvalue weighted by Crippen LogP contribution is 2.04. The molecular weight excluding hydrogens is 180 g/mol. The van der Waals surface area contributed by atoms with Crippen molar-refractivity contribution in [1.82, 2.24) is 10.8 Å². The van der Waals surface area contributed by atoms with Crippen molar-refractivity contribution in [3.63, 3.8) is 0 Å². The van der Waals surface area contributed by atoms with Crippen molar-refractivity contribution in [3.8, 4) is 0 Å². The summed E-state index contributed by atoms with van der Waals surface area (Å²) in [7, 11) is 1.42. The van der Waals surface area contributed by atoms with Gasteiger partial charge in [-0.1, -0.05) is 32.6 Å². The third-order valence-corrected chi connectivity index (χ3v) is 2.06. The average molecular weight is 202 g/mol. The van der Waals surface area contributed by atoms with E-state index in [2.05, 4.69) is 22.6 Å². The fourth-order valence-electron chi connectivity index (χ4n) is 1.30. The fraction of sp³-hybridized carbons (Fsp3) is 0.900. The topological polar surface area (TPSA) is 50.4 Å². The second kappa shape index (κ2) is 8.81. The van der Waals surface area contributed by atoms with Gasteiger partial charge < -0.3 is 5.32 Å². The van der Waals surface area contributed by atoms with Crippen molar-refractivity contribution >= 4 is 6.03 Å². The zero-order valence-corrected chi connectivity index (χ0v) is 9.43. The lowest BCUT2D eigenvalue weighted by Gasteiger charge is -2.13. The van der Waals surface area contributed by atoms with Crippen molar-refractivity contribution in [2.45, 2.75) is 52.0 Å². The smallest absolute Gasteiger partial charge is 0.334 e. The van der Waals surface area contributed by atoms with Crippen molar-refractivity contribution in [2.75, 3.05) is 7.11 Å². The Bertz CT molecular complexity index is 151. The highest BCUT2D eigenvalue weighted by atomic mass is 16.6. The van der Waals surface area contributed by atoms with Crippen LogP contribution in [0, 0.1) is 0 Å². The normalized spacial score (nSPS) is 12.2. The van der Waals surface area contributed by atoms with Gasteiger partial charge >= 0.3 is 6.03 Å². The van der Waals surface area contributed by atoms with Crippen LogP contribution in [-0.4, -0.2) is 19.2 Å². The van der Waals surface area contributed by atoms with E-state index < -0.39 is 0 Å². The minimum absolute atomic E-state index is 0.210. The van der Waals surface area contributed by atoms with E-state index in [1.54, 1.807) is 0 Å². The summed E-state index contributed by atoms with van der Waals surface area (Å²) >= 11 is 0. The first-order chi connectivity index (χ1) is 6.70. The van der Waals surface area contributed by atoms with Crippen molar-refractivity contribution in [1.29, 1.82) is 0 Å². The Balaban J connectivity index is 3.35. The Morgan fingerprint density at radius 2 is 2.07 bits per heavy atom. The predicted octanol–water partition coefficient (Wildman–Crippen LogP) is 2.21. The molecule has 0 aliphatic rings. The summed E-state index contributed by atoms with van der Waals surface area (Å²) in [6.07, 6.45) is 5.96. The quantitative estimate of drug-likeness (QED) is 0.491. The van der Waals surface area contributed by atoms with E-state index in [9.17, 15) is 4.79 Å². The maximum atomic E-state index is 11.0. The first-order valence-corrected chi connectivity index (χ1v) is 5.30. The van der Waals surface area contributed by atoms with Crippen LogP contribution >= 0.6 is 0 Å². The number of rotatable bonds is 7. The van der Waals surface area contributed by atoms with Gasteiger partial charge in [0.25, 0.3) is 0 Å². The third kappa shape index (κ3) is 7.86. The van der Waals surface area contributed by atoms with Gasteiger partial charge in [0, 0.05) is 6.04 Å². The molecule has 4 heteroatoms. The summed E-state index contributed by atoms with van der Waals surface area (Å²) in [4.78, 5) is 15.5. The second-order valence-corrected chi connectivity index (χ2v) is 3.53. The molecule has 2 amide bonds. The van der Waals surface area contributed by atoms with Gasteiger partial charge in [0.15, 0.2) is 0 Å². The molecule has 0 bridgehead atoms. The molecule has 0 aromatic heterocycles. The minimum atomic E-state index is -0.268. The molecule has 0 unspecified atom stereocenters. The first kappa shape index (κ1) is 13.2. The zero-order valence-electron chi connectivity index (χ0n) is 9.43. The lowest BCUT2D eigenvalue weighted by atomic mass is 10.1. The summed E-state index contributed by atoms with van der Waals surface area (Å²) < 4.78 is 0. The molecule has 4 nitrogen and oxygen atoms in total. The molecule has 14 heavy (non-hydrogen) atoms. The average Bonchev–Trinajstić information content (AvgIpc) is 2.13. The number of hydrogen-bond donors (Lipinski definition) is 2. The van der Waals surface area contributed by atoms with Gasteiger partial charge in [0.1, 0.15) is 0 Å². The predicted molar refractivity (Wildman–Crippen MR) is 56.9 cm³/mol. The largest absolute Gasteiger partial charge is 0.338 e. The van der Waals surface area contributed by atoms with Crippen LogP contribution in [0.1, 0.15) is 46.0 Å². The highest BCUT2D eigenvalue weighted by Gasteiger charge is 2.05. The molecule has 2 N–H and O–H groups in total. The van der Waals surface area contributed by atoms with Crippen LogP contribution in [-0.2, 0) is 4.84 Å². The molecule has 0 fully saturated rings. The lowest BCUT2D eigenvalue weighted by Crippen LogP contribution is -2.40. The lowest BCUT2D eigenvalue weighted by molar-refractivity contribution is 0.106. The Labute approximate surface area is 86.4 Å². The second-order valence-electron chi connectivity index (χ2n) is 3.53. The standard InChI is InChI=1S/C10H22N2O2/c1-4-5-6-7-8-9(2)11-10(13)12-14-3/h9H,4-8H2,1-3H3,(H2,11,12,13)/t9-/m1/s1. The summed E-state index contributed by atoms with van der Waals surface area (Å²) in [5.74, 6) is 0. The van der Waals surface area contributed by atoms with E-state index >= 15 is 0 Å². The number of hydrogen-bond acceptors (Lipinski definition) is 2. The SMILES string of the molecule is CCCCCC[C@@H](C)NC(=O)NOC. The number of carbonyl (C=O) groups is 1. The maximum Gasteiger partial charge on any atom is 0.338 e. The van der Waals surface area contributed by atoms with Crippen LogP contribution in [0.25, 0.3) is 0 Å². The molecule has 0 aromatic rings. The Kier molecular flexibility index (Phi) is 8.33. The molecule has 84 valence electrons. The third-order valence-electron chi connectivity index (χ3n) is 2.06. The van der Waals surface area contributed by atoms with Crippen LogP contribution in [0.5, 0.6) is 0 Å². The molecule has 0 aliphatic carbocycles. The van der Waals surface area contributed by atoms with E-state index in [1.165, 1.54) is 32.8 Å². The van der Waals surface area contributed by atoms with Gasteiger partial charge in [-0.15, -0.1) is 0 Å². The highest BCUT2D eigenvalue weighted by molar-refractivity contribution is 5.72. The van der Waals surface area contributed by atoms with E-state index in [1.807, 2.05) is 6.92 Å². The fourth-order valence-corrected chi connectivity index (χ4v) is 1.30. The van der Waals surface area contributed by atoms with Crippen molar-refractivity contribution in [3.05, 3.63) is 0 Å². The molecular formula is C10H22N2O2. The number of urea groups is 1. The molecule has 0 heterocycles. The molecule has 0 spiro atoms. The summed E-state index contributed by atoms with van der Waals surface area (Å²) in [6, 6.07) is -0.0579. The van der Waals surface area contributed by atoms with E-state index in [-0.39, 0.29) is 12.1 Å².